The van der Waals surface area contributed by atoms with E-state index < -0.39 is 5.82 Å². The number of nitrogens with one attached hydrogen (secondary N) is 1. The molecule has 1 aliphatic rings. The van der Waals surface area contributed by atoms with E-state index in [9.17, 15) is 14.0 Å². The van der Waals surface area contributed by atoms with Crippen LogP contribution in [0, 0.1) is 12.7 Å². The zero-order valence-electron chi connectivity index (χ0n) is 15.5. The average Bonchev–Trinajstić information content (AvgIpc) is 3.20. The van der Waals surface area contributed by atoms with Gasteiger partial charge in [0.15, 0.2) is 0 Å². The number of rotatable bonds is 5. The molecule has 27 heavy (non-hydrogen) atoms. The van der Waals surface area contributed by atoms with Crippen LogP contribution < -0.4 is 5.32 Å². The molecule has 0 spiro atoms. The first kappa shape index (κ1) is 19.0. The Kier molecular flexibility index (Phi) is 5.50. The summed E-state index contributed by atoms with van der Waals surface area (Å²) in [4.78, 5) is 28.3. The van der Waals surface area contributed by atoms with Gasteiger partial charge in [-0.25, -0.2) is 9.02 Å². The number of carbonyl (C=O) groups excluding carboxylic acids is 2. The van der Waals surface area contributed by atoms with Crippen molar-refractivity contribution in [3.63, 3.8) is 0 Å². The van der Waals surface area contributed by atoms with Gasteiger partial charge in [-0.3, -0.25) is 9.59 Å². The Morgan fingerprint density at radius 3 is 2.78 bits per heavy atom. The van der Waals surface area contributed by atoms with Crippen LogP contribution in [0.25, 0.3) is 0 Å². The molecule has 1 fully saturated rings. The highest BCUT2D eigenvalue weighted by atomic mass is 19.1. The molecule has 2 heterocycles. The topological polar surface area (TPSA) is 91.6 Å². The van der Waals surface area contributed by atoms with E-state index in [-0.39, 0.29) is 35.7 Å². The van der Waals surface area contributed by atoms with Gasteiger partial charge in [-0.2, -0.15) is 0 Å². The number of aromatic nitrogens is 2. The summed E-state index contributed by atoms with van der Waals surface area (Å²) in [5.41, 5.74) is 1.68. The third-order valence-electron chi connectivity index (χ3n) is 4.41. The van der Waals surface area contributed by atoms with Crippen LogP contribution in [0.15, 0.2) is 22.8 Å². The summed E-state index contributed by atoms with van der Waals surface area (Å²) in [6.07, 6.45) is 1.55. The predicted molar refractivity (Wildman–Crippen MR) is 95.6 cm³/mol. The smallest absolute Gasteiger partial charge is 0.254 e. The average molecular weight is 375 g/mol. The molecule has 2 aromatic rings. The van der Waals surface area contributed by atoms with Gasteiger partial charge >= 0.3 is 0 Å². The fraction of sp³-hybridized carbons (Fsp3) is 0.444. The molecule has 1 atom stereocenters. The third-order valence-corrected chi connectivity index (χ3v) is 4.41. The normalized spacial score (nSPS) is 16.8. The minimum absolute atomic E-state index is 0.159. The maximum Gasteiger partial charge on any atom is 0.254 e. The molecule has 0 radical (unpaired) electrons. The Morgan fingerprint density at radius 2 is 2.11 bits per heavy atom. The maximum absolute atomic E-state index is 14.1. The van der Waals surface area contributed by atoms with E-state index in [2.05, 4.69) is 15.6 Å². The van der Waals surface area contributed by atoms with E-state index in [4.69, 9.17) is 4.63 Å². The SMILES string of the molecule is Cc1nonc1C1CCCN1C(=O)c1cc(F)cc(NC(=O)CN(C)C)c1. The van der Waals surface area contributed by atoms with Gasteiger partial charge in [0.2, 0.25) is 5.91 Å². The van der Waals surface area contributed by atoms with E-state index in [0.717, 1.165) is 12.8 Å². The Morgan fingerprint density at radius 1 is 1.33 bits per heavy atom. The van der Waals surface area contributed by atoms with Gasteiger partial charge in [0.1, 0.15) is 17.2 Å². The van der Waals surface area contributed by atoms with Gasteiger partial charge in [0.25, 0.3) is 5.91 Å². The van der Waals surface area contributed by atoms with E-state index in [0.29, 0.717) is 17.9 Å². The zero-order valence-corrected chi connectivity index (χ0v) is 15.5. The summed E-state index contributed by atoms with van der Waals surface area (Å²) >= 11 is 0. The highest BCUT2D eigenvalue weighted by molar-refractivity contribution is 5.98. The van der Waals surface area contributed by atoms with E-state index in [1.807, 2.05) is 0 Å². The number of benzene rings is 1. The van der Waals surface area contributed by atoms with Crippen molar-refractivity contribution in [1.82, 2.24) is 20.1 Å². The van der Waals surface area contributed by atoms with Crippen LogP contribution in [0.5, 0.6) is 0 Å². The molecule has 1 aromatic heterocycles. The van der Waals surface area contributed by atoms with Gasteiger partial charge in [-0.15, -0.1) is 0 Å². The molecular weight excluding hydrogens is 353 g/mol. The van der Waals surface area contributed by atoms with Crippen LogP contribution in [-0.2, 0) is 4.79 Å². The van der Waals surface area contributed by atoms with Crippen LogP contribution in [0.2, 0.25) is 0 Å². The number of carbonyl (C=O) groups is 2. The van der Waals surface area contributed by atoms with Crippen molar-refractivity contribution >= 4 is 17.5 Å². The van der Waals surface area contributed by atoms with Crippen molar-refractivity contribution in [2.24, 2.45) is 0 Å². The monoisotopic (exact) mass is 375 g/mol. The van der Waals surface area contributed by atoms with E-state index in [1.54, 1.807) is 30.8 Å². The number of aryl methyl sites for hydroxylation is 1. The molecule has 1 saturated heterocycles. The summed E-state index contributed by atoms with van der Waals surface area (Å²) in [5.74, 6) is -1.19. The number of nitrogens with zero attached hydrogens (tertiary/aromatic N) is 4. The summed E-state index contributed by atoms with van der Waals surface area (Å²) in [5, 5.41) is 10.3. The molecule has 8 nitrogen and oxygen atoms in total. The molecule has 1 aliphatic heterocycles. The fourth-order valence-electron chi connectivity index (χ4n) is 3.27. The molecule has 1 aromatic carbocycles. The number of halogens is 1. The quantitative estimate of drug-likeness (QED) is 0.859. The molecular formula is C18H22FN5O3. The lowest BCUT2D eigenvalue weighted by atomic mass is 10.1. The van der Waals surface area contributed by atoms with Crippen molar-refractivity contribution < 1.29 is 18.6 Å². The van der Waals surface area contributed by atoms with Crippen molar-refractivity contribution in [2.75, 3.05) is 32.5 Å². The van der Waals surface area contributed by atoms with E-state index in [1.165, 1.54) is 18.2 Å². The summed E-state index contributed by atoms with van der Waals surface area (Å²) in [6, 6.07) is 3.60. The molecule has 2 amide bonds. The fourth-order valence-corrected chi connectivity index (χ4v) is 3.27. The van der Waals surface area contributed by atoms with Crippen molar-refractivity contribution in [3.05, 3.63) is 41.0 Å². The standard InChI is InChI=1S/C18H22FN5O3/c1-11-17(22-27-21-11)15-5-4-6-24(15)18(26)12-7-13(19)9-14(8-12)20-16(25)10-23(2)3/h7-9,15H,4-6,10H2,1-3H3,(H,20,25). The number of amides is 2. The first-order valence-corrected chi connectivity index (χ1v) is 8.70. The van der Waals surface area contributed by atoms with Gasteiger partial charge in [-0.05, 0) is 52.1 Å². The molecule has 3 rings (SSSR count). The van der Waals surface area contributed by atoms with Gasteiger partial charge in [-0.1, -0.05) is 10.3 Å². The number of likely N-dealkylation sites (tertiary alicyclic amines) is 1. The lowest BCUT2D eigenvalue weighted by molar-refractivity contribution is -0.116. The number of hydrogen-bond acceptors (Lipinski definition) is 6. The molecule has 1 N–H and O–H groups in total. The Bertz CT molecular complexity index is 851. The lowest BCUT2D eigenvalue weighted by Gasteiger charge is -2.23. The first-order chi connectivity index (χ1) is 12.8. The maximum atomic E-state index is 14.1. The second kappa shape index (κ2) is 7.83. The molecule has 0 bridgehead atoms. The van der Waals surface area contributed by atoms with Crippen LogP contribution in [0.1, 0.15) is 40.6 Å². The predicted octanol–water partition coefficient (Wildman–Crippen LogP) is 1.99. The van der Waals surface area contributed by atoms with Crippen LogP contribution in [-0.4, -0.2) is 59.1 Å². The molecule has 1 unspecified atom stereocenters. The molecule has 144 valence electrons. The Hall–Kier alpha value is -2.81. The van der Waals surface area contributed by atoms with Crippen molar-refractivity contribution in [3.8, 4) is 0 Å². The van der Waals surface area contributed by atoms with Gasteiger partial charge in [0.05, 0.1) is 12.6 Å². The van der Waals surface area contributed by atoms with E-state index >= 15 is 0 Å². The highest BCUT2D eigenvalue weighted by Gasteiger charge is 2.34. The molecule has 0 saturated carbocycles. The Labute approximate surface area is 156 Å². The van der Waals surface area contributed by atoms with Crippen LogP contribution in [0.4, 0.5) is 10.1 Å². The van der Waals surface area contributed by atoms with Crippen molar-refractivity contribution in [1.29, 1.82) is 0 Å². The minimum atomic E-state index is -0.587. The zero-order chi connectivity index (χ0) is 19.6. The number of anilines is 1. The second-order valence-electron chi connectivity index (χ2n) is 6.91. The third kappa shape index (κ3) is 4.30. The van der Waals surface area contributed by atoms with Crippen LogP contribution in [0.3, 0.4) is 0 Å². The number of likely N-dealkylation sites (N-methyl/N-ethyl adjacent to an activating group) is 1. The second-order valence-corrected chi connectivity index (χ2v) is 6.91. The highest BCUT2D eigenvalue weighted by Crippen LogP contribution is 2.33. The first-order valence-electron chi connectivity index (χ1n) is 8.70. The van der Waals surface area contributed by atoms with Crippen LogP contribution >= 0.6 is 0 Å². The van der Waals surface area contributed by atoms with Crippen molar-refractivity contribution in [2.45, 2.75) is 25.8 Å². The minimum Gasteiger partial charge on any atom is -0.330 e. The lowest BCUT2D eigenvalue weighted by Crippen LogP contribution is -2.31. The molecule has 0 aliphatic carbocycles. The Balaban J connectivity index is 1.82. The summed E-state index contributed by atoms with van der Waals surface area (Å²) in [7, 11) is 3.52. The largest absolute Gasteiger partial charge is 0.330 e. The summed E-state index contributed by atoms with van der Waals surface area (Å²) in [6.45, 7) is 2.47. The van der Waals surface area contributed by atoms with Gasteiger partial charge < -0.3 is 15.1 Å². The molecule has 9 heteroatoms. The number of hydrogen-bond donors (Lipinski definition) is 1. The van der Waals surface area contributed by atoms with Gasteiger partial charge in [0, 0.05) is 17.8 Å². The summed E-state index contributed by atoms with van der Waals surface area (Å²) < 4.78 is 18.8.